The fourth-order valence-corrected chi connectivity index (χ4v) is 4.23. The number of aromatic hydroxyl groups is 1. The normalized spacial score (nSPS) is 15.4. The maximum Gasteiger partial charge on any atom is 0.271 e. The summed E-state index contributed by atoms with van der Waals surface area (Å²) in [7, 11) is -3.57. The van der Waals surface area contributed by atoms with Crippen molar-refractivity contribution >= 4 is 22.1 Å². The van der Waals surface area contributed by atoms with E-state index in [0.29, 0.717) is 18.7 Å². The van der Waals surface area contributed by atoms with Gasteiger partial charge < -0.3 is 5.11 Å². The summed E-state index contributed by atoms with van der Waals surface area (Å²) in [6, 6.07) is 12.2. The summed E-state index contributed by atoms with van der Waals surface area (Å²) < 4.78 is 26.6. The highest BCUT2D eigenvalue weighted by Gasteiger charge is 2.27. The van der Waals surface area contributed by atoms with Gasteiger partial charge in [0.05, 0.1) is 11.1 Å². The molecule has 1 amide bonds. The Bertz CT molecular complexity index is 918. The average Bonchev–Trinajstić information content (AvgIpc) is 3.19. The van der Waals surface area contributed by atoms with Crippen molar-refractivity contribution in [3.05, 3.63) is 59.7 Å². The van der Waals surface area contributed by atoms with E-state index in [4.69, 9.17) is 0 Å². The second-order valence-electron chi connectivity index (χ2n) is 5.93. The molecule has 1 aliphatic heterocycles. The SMILES string of the molecule is O=C(N/N=C/c1ccc(O)cc1)c1cccc(S(=O)(=O)N2CCCC2)c1. The number of hydrogen-bond acceptors (Lipinski definition) is 5. The number of phenols is 1. The molecule has 7 nitrogen and oxygen atoms in total. The minimum atomic E-state index is -3.57. The van der Waals surface area contributed by atoms with E-state index in [0.717, 1.165) is 12.8 Å². The number of amides is 1. The number of rotatable bonds is 5. The fourth-order valence-electron chi connectivity index (χ4n) is 2.67. The van der Waals surface area contributed by atoms with Crippen molar-refractivity contribution in [1.82, 2.24) is 9.73 Å². The lowest BCUT2D eigenvalue weighted by molar-refractivity contribution is 0.0955. The van der Waals surface area contributed by atoms with Crippen molar-refractivity contribution in [1.29, 1.82) is 0 Å². The highest BCUT2D eigenvalue weighted by atomic mass is 32.2. The standard InChI is InChI=1S/C18H19N3O4S/c22-16-8-6-14(7-9-16)13-19-20-18(23)15-4-3-5-17(12-15)26(24,25)21-10-1-2-11-21/h3-9,12-13,22H,1-2,10-11H2,(H,20,23)/b19-13+. The quantitative estimate of drug-likeness (QED) is 0.618. The molecule has 1 aliphatic rings. The van der Waals surface area contributed by atoms with Gasteiger partial charge in [0.15, 0.2) is 0 Å². The molecule has 0 bridgehead atoms. The summed E-state index contributed by atoms with van der Waals surface area (Å²) >= 11 is 0. The number of hydrogen-bond donors (Lipinski definition) is 2. The third-order valence-corrected chi connectivity index (χ3v) is 5.97. The molecule has 2 N–H and O–H groups in total. The zero-order valence-electron chi connectivity index (χ0n) is 14.0. The third-order valence-electron chi connectivity index (χ3n) is 4.07. The Morgan fingerprint density at radius 1 is 1.12 bits per heavy atom. The summed E-state index contributed by atoms with van der Waals surface area (Å²) in [4.78, 5) is 12.3. The minimum absolute atomic E-state index is 0.106. The van der Waals surface area contributed by atoms with Crippen LogP contribution in [0.3, 0.4) is 0 Å². The van der Waals surface area contributed by atoms with Gasteiger partial charge in [0.1, 0.15) is 5.75 Å². The van der Waals surface area contributed by atoms with Crippen LogP contribution in [-0.2, 0) is 10.0 Å². The first-order valence-electron chi connectivity index (χ1n) is 8.19. The van der Waals surface area contributed by atoms with E-state index >= 15 is 0 Å². The Morgan fingerprint density at radius 3 is 2.50 bits per heavy atom. The Morgan fingerprint density at radius 2 is 1.81 bits per heavy atom. The molecule has 26 heavy (non-hydrogen) atoms. The zero-order valence-corrected chi connectivity index (χ0v) is 14.8. The molecule has 2 aromatic carbocycles. The number of benzene rings is 2. The van der Waals surface area contributed by atoms with Crippen LogP contribution in [0, 0.1) is 0 Å². The number of hydrazone groups is 1. The van der Waals surface area contributed by atoms with Gasteiger partial charge in [0.25, 0.3) is 5.91 Å². The molecular formula is C18H19N3O4S. The first-order valence-corrected chi connectivity index (χ1v) is 9.63. The smallest absolute Gasteiger partial charge is 0.271 e. The van der Waals surface area contributed by atoms with Gasteiger partial charge in [-0.05, 0) is 60.9 Å². The summed E-state index contributed by atoms with van der Waals surface area (Å²) in [5.74, 6) is -0.360. The molecule has 3 rings (SSSR count). The van der Waals surface area contributed by atoms with E-state index in [-0.39, 0.29) is 16.2 Å². The molecule has 0 aromatic heterocycles. The molecule has 1 heterocycles. The second kappa shape index (κ2) is 7.67. The Hall–Kier alpha value is -2.71. The first kappa shape index (κ1) is 18.1. The van der Waals surface area contributed by atoms with Gasteiger partial charge in [-0.15, -0.1) is 0 Å². The van der Waals surface area contributed by atoms with Gasteiger partial charge in [-0.25, -0.2) is 13.8 Å². The van der Waals surface area contributed by atoms with Crippen LogP contribution in [0.25, 0.3) is 0 Å². The summed E-state index contributed by atoms with van der Waals surface area (Å²) in [6.45, 7) is 1.02. The maximum absolute atomic E-state index is 12.6. The largest absolute Gasteiger partial charge is 0.508 e. The molecule has 0 aliphatic carbocycles. The zero-order chi connectivity index (χ0) is 18.6. The van der Waals surface area contributed by atoms with Crippen molar-refractivity contribution in [2.75, 3.05) is 13.1 Å². The van der Waals surface area contributed by atoms with Gasteiger partial charge in [-0.1, -0.05) is 6.07 Å². The third kappa shape index (κ3) is 4.09. The van der Waals surface area contributed by atoms with E-state index < -0.39 is 15.9 Å². The molecule has 8 heteroatoms. The summed E-state index contributed by atoms with van der Waals surface area (Å²) in [5.41, 5.74) is 3.29. The lowest BCUT2D eigenvalue weighted by Crippen LogP contribution is -2.28. The molecular weight excluding hydrogens is 354 g/mol. The van der Waals surface area contributed by atoms with Crippen LogP contribution in [0.1, 0.15) is 28.8 Å². The number of sulfonamides is 1. The molecule has 0 saturated carbocycles. The average molecular weight is 373 g/mol. The van der Waals surface area contributed by atoms with E-state index in [2.05, 4.69) is 10.5 Å². The van der Waals surface area contributed by atoms with E-state index in [1.807, 2.05) is 0 Å². The lowest BCUT2D eigenvalue weighted by Gasteiger charge is -2.15. The van der Waals surface area contributed by atoms with Crippen LogP contribution in [0.2, 0.25) is 0 Å². The summed E-state index contributed by atoms with van der Waals surface area (Å²) in [6.07, 6.45) is 3.14. The molecule has 0 spiro atoms. The van der Waals surface area contributed by atoms with E-state index in [9.17, 15) is 18.3 Å². The van der Waals surface area contributed by atoms with Crippen molar-refractivity contribution in [3.63, 3.8) is 0 Å². The molecule has 2 aromatic rings. The number of carbonyl (C=O) groups excluding carboxylic acids is 1. The van der Waals surface area contributed by atoms with Crippen LogP contribution < -0.4 is 5.43 Å². The number of nitrogens with zero attached hydrogens (tertiary/aromatic N) is 2. The minimum Gasteiger partial charge on any atom is -0.508 e. The van der Waals surface area contributed by atoms with Crippen molar-refractivity contribution in [2.24, 2.45) is 5.10 Å². The van der Waals surface area contributed by atoms with Gasteiger partial charge in [-0.2, -0.15) is 9.41 Å². The Kier molecular flexibility index (Phi) is 5.34. The van der Waals surface area contributed by atoms with Gasteiger partial charge in [0.2, 0.25) is 10.0 Å². The molecule has 136 valence electrons. The molecule has 1 saturated heterocycles. The molecule has 0 unspecified atom stereocenters. The molecule has 1 fully saturated rings. The van der Waals surface area contributed by atoms with E-state index in [1.165, 1.54) is 40.9 Å². The highest BCUT2D eigenvalue weighted by molar-refractivity contribution is 7.89. The topological polar surface area (TPSA) is 99.1 Å². The van der Waals surface area contributed by atoms with Gasteiger partial charge in [-0.3, -0.25) is 4.79 Å². The monoisotopic (exact) mass is 373 g/mol. The van der Waals surface area contributed by atoms with Crippen LogP contribution >= 0.6 is 0 Å². The van der Waals surface area contributed by atoms with Crippen molar-refractivity contribution in [2.45, 2.75) is 17.7 Å². The molecule has 0 radical (unpaired) electrons. The maximum atomic E-state index is 12.6. The summed E-state index contributed by atoms with van der Waals surface area (Å²) in [5, 5.41) is 13.1. The lowest BCUT2D eigenvalue weighted by atomic mass is 10.2. The number of carbonyl (C=O) groups is 1. The predicted molar refractivity (Wildman–Crippen MR) is 97.6 cm³/mol. The van der Waals surface area contributed by atoms with E-state index in [1.54, 1.807) is 18.2 Å². The highest BCUT2D eigenvalue weighted by Crippen LogP contribution is 2.21. The van der Waals surface area contributed by atoms with Crippen LogP contribution in [-0.4, -0.2) is 43.0 Å². The van der Waals surface area contributed by atoms with Crippen LogP contribution in [0.5, 0.6) is 5.75 Å². The van der Waals surface area contributed by atoms with Crippen molar-refractivity contribution in [3.8, 4) is 5.75 Å². The first-order chi connectivity index (χ1) is 12.5. The molecule has 0 atom stereocenters. The number of phenolic OH excluding ortho intramolecular Hbond substituents is 1. The number of nitrogens with one attached hydrogen (secondary N) is 1. The fraction of sp³-hybridized carbons (Fsp3) is 0.222. The van der Waals surface area contributed by atoms with Gasteiger partial charge >= 0.3 is 0 Å². The van der Waals surface area contributed by atoms with Crippen molar-refractivity contribution < 1.29 is 18.3 Å². The Balaban J connectivity index is 1.71. The predicted octanol–water partition coefficient (Wildman–Crippen LogP) is 1.94. The van der Waals surface area contributed by atoms with Gasteiger partial charge in [0, 0.05) is 18.7 Å². The van der Waals surface area contributed by atoms with Crippen LogP contribution in [0.15, 0.2) is 58.5 Å². The Labute approximate surface area is 152 Å². The van der Waals surface area contributed by atoms with Crippen LogP contribution in [0.4, 0.5) is 0 Å². The second-order valence-corrected chi connectivity index (χ2v) is 7.87.